The summed E-state index contributed by atoms with van der Waals surface area (Å²) >= 11 is 0. The predicted molar refractivity (Wildman–Crippen MR) is 111 cm³/mol. The van der Waals surface area contributed by atoms with E-state index in [1.165, 1.54) is 44.9 Å². The molecule has 0 heterocycles. The number of guanidine groups is 1. The Balaban J connectivity index is 0.00000484. The Morgan fingerprint density at radius 2 is 1.87 bits per heavy atom. The molecule has 0 amide bonds. The van der Waals surface area contributed by atoms with E-state index in [2.05, 4.69) is 36.4 Å². The minimum Gasteiger partial charge on any atom is -0.378 e. The van der Waals surface area contributed by atoms with Crippen molar-refractivity contribution in [3.8, 4) is 0 Å². The summed E-state index contributed by atoms with van der Waals surface area (Å²) in [6.07, 6.45) is 11.8. The molecular formula is C18H38IN3O. The van der Waals surface area contributed by atoms with E-state index in [9.17, 15) is 0 Å². The number of unbranched alkanes of at least 4 members (excludes halogenated alkanes) is 2. The Hall–Kier alpha value is -0.0400. The zero-order valence-corrected chi connectivity index (χ0v) is 17.7. The number of halogens is 1. The summed E-state index contributed by atoms with van der Waals surface area (Å²) in [4.78, 5) is 4.64. The third-order valence-electron chi connectivity index (χ3n) is 4.32. The van der Waals surface area contributed by atoms with E-state index in [-0.39, 0.29) is 24.0 Å². The standard InChI is InChI=1S/C18H37N3O.HI/c1-4-16(3)21-18(19-5-2)20-14-10-7-11-15-22-17-12-8-6-9-13-17;/h16-17H,4-15H2,1-3H3,(H2,19,20,21);1H. The van der Waals surface area contributed by atoms with Crippen molar-refractivity contribution in [2.45, 2.75) is 90.7 Å². The molecule has 0 bridgehead atoms. The molecule has 0 aromatic heterocycles. The molecule has 0 saturated heterocycles. The van der Waals surface area contributed by atoms with Crippen LogP contribution >= 0.6 is 24.0 Å². The predicted octanol–water partition coefficient (Wildman–Crippen LogP) is 4.48. The molecule has 1 fully saturated rings. The van der Waals surface area contributed by atoms with Crippen molar-refractivity contribution < 1.29 is 4.74 Å². The summed E-state index contributed by atoms with van der Waals surface area (Å²) in [5.74, 6) is 0.954. The van der Waals surface area contributed by atoms with Gasteiger partial charge in [-0.05, 0) is 52.4 Å². The van der Waals surface area contributed by atoms with E-state index in [1.54, 1.807) is 0 Å². The number of aliphatic imine (C=N–C) groups is 1. The average molecular weight is 439 g/mol. The summed E-state index contributed by atoms with van der Waals surface area (Å²) in [6.45, 7) is 9.23. The van der Waals surface area contributed by atoms with Crippen LogP contribution in [0.5, 0.6) is 0 Å². The quantitative estimate of drug-likeness (QED) is 0.228. The third kappa shape index (κ3) is 12.0. The first-order valence-corrected chi connectivity index (χ1v) is 9.42. The van der Waals surface area contributed by atoms with Crippen molar-refractivity contribution in [1.29, 1.82) is 0 Å². The van der Waals surface area contributed by atoms with Gasteiger partial charge in [0.15, 0.2) is 5.96 Å². The summed E-state index contributed by atoms with van der Waals surface area (Å²) in [7, 11) is 0. The number of ether oxygens (including phenoxy) is 1. The van der Waals surface area contributed by atoms with E-state index in [4.69, 9.17) is 4.74 Å². The molecule has 0 aromatic carbocycles. The van der Waals surface area contributed by atoms with Gasteiger partial charge < -0.3 is 15.4 Å². The third-order valence-corrected chi connectivity index (χ3v) is 4.32. The molecule has 0 radical (unpaired) electrons. The van der Waals surface area contributed by atoms with Crippen LogP contribution in [0.3, 0.4) is 0 Å². The van der Waals surface area contributed by atoms with Crippen LogP contribution in [0, 0.1) is 0 Å². The zero-order valence-electron chi connectivity index (χ0n) is 15.4. The van der Waals surface area contributed by atoms with Gasteiger partial charge in [0.25, 0.3) is 0 Å². The maximum atomic E-state index is 5.96. The smallest absolute Gasteiger partial charge is 0.191 e. The Kier molecular flexibility index (Phi) is 15.5. The van der Waals surface area contributed by atoms with Crippen LogP contribution in [0.25, 0.3) is 0 Å². The van der Waals surface area contributed by atoms with Gasteiger partial charge in [-0.25, -0.2) is 0 Å². The fourth-order valence-electron chi connectivity index (χ4n) is 2.72. The molecule has 138 valence electrons. The number of rotatable bonds is 10. The van der Waals surface area contributed by atoms with Crippen LogP contribution in [0.1, 0.15) is 78.6 Å². The number of hydrogen-bond donors (Lipinski definition) is 2. The lowest BCUT2D eigenvalue weighted by molar-refractivity contribution is 0.0264. The lowest BCUT2D eigenvalue weighted by Crippen LogP contribution is -2.42. The molecule has 0 spiro atoms. The van der Waals surface area contributed by atoms with Gasteiger partial charge in [0.05, 0.1) is 6.10 Å². The van der Waals surface area contributed by atoms with Gasteiger partial charge in [-0.1, -0.05) is 26.2 Å². The molecule has 1 aliphatic rings. The van der Waals surface area contributed by atoms with Crippen LogP contribution in [0.15, 0.2) is 4.99 Å². The number of nitrogens with one attached hydrogen (secondary N) is 2. The summed E-state index contributed by atoms with van der Waals surface area (Å²) in [5, 5.41) is 6.73. The van der Waals surface area contributed by atoms with Crippen LogP contribution in [-0.4, -0.2) is 37.8 Å². The molecule has 5 heteroatoms. The van der Waals surface area contributed by atoms with Crippen molar-refractivity contribution >= 4 is 29.9 Å². The molecule has 1 aliphatic carbocycles. The number of hydrogen-bond acceptors (Lipinski definition) is 2. The Labute approximate surface area is 160 Å². The molecule has 4 nitrogen and oxygen atoms in total. The van der Waals surface area contributed by atoms with Crippen molar-refractivity contribution in [3.05, 3.63) is 0 Å². The molecule has 0 aliphatic heterocycles. The maximum Gasteiger partial charge on any atom is 0.191 e. The monoisotopic (exact) mass is 439 g/mol. The minimum absolute atomic E-state index is 0. The second kappa shape index (κ2) is 15.5. The highest BCUT2D eigenvalue weighted by atomic mass is 127. The van der Waals surface area contributed by atoms with Crippen molar-refractivity contribution in [2.24, 2.45) is 4.99 Å². The Morgan fingerprint density at radius 3 is 2.52 bits per heavy atom. The lowest BCUT2D eigenvalue weighted by Gasteiger charge is -2.21. The van der Waals surface area contributed by atoms with Gasteiger partial charge in [0.1, 0.15) is 0 Å². The molecule has 1 rings (SSSR count). The Bertz CT molecular complexity index is 294. The van der Waals surface area contributed by atoms with Gasteiger partial charge in [-0.15, -0.1) is 24.0 Å². The highest BCUT2D eigenvalue weighted by molar-refractivity contribution is 14.0. The molecule has 23 heavy (non-hydrogen) atoms. The first-order chi connectivity index (χ1) is 10.8. The molecule has 1 unspecified atom stereocenters. The summed E-state index contributed by atoms with van der Waals surface area (Å²) in [5.41, 5.74) is 0. The molecular weight excluding hydrogens is 401 g/mol. The molecule has 1 atom stereocenters. The summed E-state index contributed by atoms with van der Waals surface area (Å²) < 4.78 is 5.96. The van der Waals surface area contributed by atoms with Crippen molar-refractivity contribution in [3.63, 3.8) is 0 Å². The van der Waals surface area contributed by atoms with Crippen LogP contribution in [0.4, 0.5) is 0 Å². The zero-order chi connectivity index (χ0) is 16.0. The first kappa shape index (κ1) is 23.0. The largest absolute Gasteiger partial charge is 0.378 e. The second-order valence-corrected chi connectivity index (χ2v) is 6.41. The Morgan fingerprint density at radius 1 is 1.13 bits per heavy atom. The second-order valence-electron chi connectivity index (χ2n) is 6.41. The molecule has 2 N–H and O–H groups in total. The van der Waals surface area contributed by atoms with E-state index >= 15 is 0 Å². The topological polar surface area (TPSA) is 45.7 Å². The van der Waals surface area contributed by atoms with E-state index in [0.717, 1.165) is 38.5 Å². The van der Waals surface area contributed by atoms with Crippen LogP contribution in [-0.2, 0) is 4.74 Å². The highest BCUT2D eigenvalue weighted by Gasteiger charge is 2.12. The van der Waals surface area contributed by atoms with Gasteiger partial charge in [-0.3, -0.25) is 4.99 Å². The van der Waals surface area contributed by atoms with E-state index in [0.29, 0.717) is 12.1 Å². The highest BCUT2D eigenvalue weighted by Crippen LogP contribution is 2.20. The van der Waals surface area contributed by atoms with Crippen molar-refractivity contribution in [1.82, 2.24) is 10.6 Å². The normalized spacial score (nSPS) is 17.4. The fourth-order valence-corrected chi connectivity index (χ4v) is 2.72. The van der Waals surface area contributed by atoms with Gasteiger partial charge in [0.2, 0.25) is 0 Å². The maximum absolute atomic E-state index is 5.96. The van der Waals surface area contributed by atoms with E-state index in [1.807, 2.05) is 0 Å². The lowest BCUT2D eigenvalue weighted by atomic mass is 9.98. The van der Waals surface area contributed by atoms with Gasteiger partial charge in [0, 0.05) is 25.7 Å². The minimum atomic E-state index is 0. The van der Waals surface area contributed by atoms with Gasteiger partial charge >= 0.3 is 0 Å². The summed E-state index contributed by atoms with van der Waals surface area (Å²) in [6, 6.07) is 0.474. The number of nitrogens with zero attached hydrogens (tertiary/aromatic N) is 1. The van der Waals surface area contributed by atoms with Gasteiger partial charge in [-0.2, -0.15) is 0 Å². The molecule has 1 saturated carbocycles. The fraction of sp³-hybridized carbons (Fsp3) is 0.944. The van der Waals surface area contributed by atoms with Crippen LogP contribution < -0.4 is 10.6 Å². The van der Waals surface area contributed by atoms with E-state index < -0.39 is 0 Å². The first-order valence-electron chi connectivity index (χ1n) is 9.42. The van der Waals surface area contributed by atoms with Crippen molar-refractivity contribution in [2.75, 3.05) is 19.7 Å². The average Bonchev–Trinajstić information content (AvgIpc) is 2.54. The van der Waals surface area contributed by atoms with Crippen LogP contribution in [0.2, 0.25) is 0 Å². The molecule has 0 aromatic rings. The SMILES string of the molecule is CCNC(=NCCCCCOC1CCCCC1)NC(C)CC.I.